The molecule has 0 saturated carbocycles. The van der Waals surface area contributed by atoms with E-state index < -0.39 is 0 Å². The minimum Gasteiger partial charge on any atom is -0.508 e. The van der Waals surface area contributed by atoms with Gasteiger partial charge in [-0.05, 0) is 46.5 Å². The topological polar surface area (TPSA) is 65.5 Å². The number of rotatable bonds is 6. The van der Waals surface area contributed by atoms with Crippen LogP contribution in [-0.4, -0.2) is 35.6 Å². The van der Waals surface area contributed by atoms with Gasteiger partial charge in [0.25, 0.3) is 0 Å². The van der Waals surface area contributed by atoms with Gasteiger partial charge in [-0.1, -0.05) is 26.0 Å². The molecule has 4 heteroatoms. The molecule has 25 heavy (non-hydrogen) atoms. The first-order valence-electron chi connectivity index (χ1n) is 8.80. The summed E-state index contributed by atoms with van der Waals surface area (Å²) in [5.74, 6) is 0.543. The van der Waals surface area contributed by atoms with Crippen LogP contribution in [0, 0.1) is 0 Å². The predicted octanol–water partition coefficient (Wildman–Crippen LogP) is 3.31. The molecule has 4 rings (SSSR count). The molecule has 0 amide bonds. The molecule has 0 bridgehead atoms. The molecule has 2 unspecified atom stereocenters. The zero-order valence-corrected chi connectivity index (χ0v) is 14.7. The summed E-state index contributed by atoms with van der Waals surface area (Å²) < 4.78 is 10.6. The first kappa shape index (κ1) is 16.4. The number of ether oxygens (including phenoxy) is 2. The van der Waals surface area contributed by atoms with E-state index in [-0.39, 0.29) is 29.1 Å². The Morgan fingerprint density at radius 2 is 1.20 bits per heavy atom. The van der Waals surface area contributed by atoms with Gasteiger partial charge in [-0.3, -0.25) is 0 Å². The summed E-state index contributed by atoms with van der Waals surface area (Å²) >= 11 is 0. The van der Waals surface area contributed by atoms with Crippen molar-refractivity contribution in [3.8, 4) is 11.5 Å². The maximum Gasteiger partial charge on any atom is 0.116 e. The molecular formula is C21H24O4. The van der Waals surface area contributed by atoms with Gasteiger partial charge in [0.15, 0.2) is 0 Å². The molecule has 2 aromatic carbocycles. The molecule has 4 nitrogen and oxygen atoms in total. The van der Waals surface area contributed by atoms with Crippen molar-refractivity contribution in [1.82, 2.24) is 0 Å². The van der Waals surface area contributed by atoms with Gasteiger partial charge in [0.1, 0.15) is 11.5 Å². The van der Waals surface area contributed by atoms with Crippen LogP contribution in [-0.2, 0) is 27.7 Å². The third-order valence-corrected chi connectivity index (χ3v) is 5.13. The van der Waals surface area contributed by atoms with E-state index in [1.807, 2.05) is 12.1 Å². The Hall–Kier alpha value is -2.04. The molecule has 2 fully saturated rings. The number of phenols is 2. The predicted molar refractivity (Wildman–Crippen MR) is 95.2 cm³/mol. The first-order valence-corrected chi connectivity index (χ1v) is 8.80. The monoisotopic (exact) mass is 340 g/mol. The van der Waals surface area contributed by atoms with Crippen LogP contribution in [0.1, 0.15) is 36.1 Å². The number of epoxide rings is 2. The van der Waals surface area contributed by atoms with Crippen LogP contribution >= 0.6 is 0 Å². The fourth-order valence-electron chi connectivity index (χ4n) is 3.37. The maximum atomic E-state index is 10.2. The number of phenolic OH excluding ortho intramolecular Hbond substituents is 2. The van der Waals surface area contributed by atoms with Crippen LogP contribution in [0.25, 0.3) is 0 Å². The van der Waals surface area contributed by atoms with Crippen LogP contribution in [0.2, 0.25) is 0 Å². The van der Waals surface area contributed by atoms with Crippen molar-refractivity contribution < 1.29 is 19.7 Å². The van der Waals surface area contributed by atoms with Crippen molar-refractivity contribution in [1.29, 1.82) is 0 Å². The maximum absolute atomic E-state index is 10.2. The van der Waals surface area contributed by atoms with Gasteiger partial charge in [-0.25, -0.2) is 0 Å². The van der Waals surface area contributed by atoms with Gasteiger partial charge in [0.05, 0.1) is 25.4 Å². The Morgan fingerprint density at radius 3 is 1.56 bits per heavy atom. The molecule has 2 saturated heterocycles. The van der Waals surface area contributed by atoms with E-state index in [0.29, 0.717) is 0 Å². The average Bonchev–Trinajstić information content (AvgIpc) is 3.43. The van der Waals surface area contributed by atoms with Crippen molar-refractivity contribution >= 4 is 0 Å². The van der Waals surface area contributed by atoms with Gasteiger partial charge < -0.3 is 19.7 Å². The number of aromatic hydroxyl groups is 2. The molecule has 0 aromatic heterocycles. The molecule has 2 N–H and O–H groups in total. The van der Waals surface area contributed by atoms with Crippen LogP contribution in [0.3, 0.4) is 0 Å². The normalized spacial score (nSPS) is 22.0. The van der Waals surface area contributed by atoms with Gasteiger partial charge in [-0.15, -0.1) is 0 Å². The molecule has 0 aliphatic carbocycles. The first-order chi connectivity index (χ1) is 11.9. The van der Waals surface area contributed by atoms with Crippen molar-refractivity contribution in [2.24, 2.45) is 0 Å². The highest BCUT2D eigenvalue weighted by Gasteiger charge is 2.28. The summed E-state index contributed by atoms with van der Waals surface area (Å²) in [4.78, 5) is 0. The lowest BCUT2D eigenvalue weighted by atomic mass is 9.76. The third-order valence-electron chi connectivity index (χ3n) is 5.13. The fraction of sp³-hybridized carbons (Fsp3) is 0.429. The van der Waals surface area contributed by atoms with Crippen molar-refractivity contribution in [2.75, 3.05) is 13.2 Å². The van der Waals surface area contributed by atoms with Crippen LogP contribution in [0.15, 0.2) is 36.4 Å². The zero-order valence-electron chi connectivity index (χ0n) is 14.7. The highest BCUT2D eigenvalue weighted by molar-refractivity contribution is 5.47. The number of hydrogen-bond acceptors (Lipinski definition) is 4. The molecule has 2 aliphatic heterocycles. The van der Waals surface area contributed by atoms with E-state index in [9.17, 15) is 10.2 Å². The second-order valence-electron chi connectivity index (χ2n) is 7.72. The molecule has 2 aromatic rings. The van der Waals surface area contributed by atoms with E-state index in [1.54, 1.807) is 12.1 Å². The summed E-state index contributed by atoms with van der Waals surface area (Å²) in [6, 6.07) is 11.5. The van der Waals surface area contributed by atoms with Crippen LogP contribution in [0.4, 0.5) is 0 Å². The SMILES string of the molecule is CC(C)(c1cc(O)cc(CC2CO2)c1)c1cc(O)cc(CC2CO2)c1. The molecular weight excluding hydrogens is 316 g/mol. The van der Waals surface area contributed by atoms with E-state index >= 15 is 0 Å². The second-order valence-corrected chi connectivity index (χ2v) is 7.72. The quantitative estimate of drug-likeness (QED) is 0.792. The molecule has 0 radical (unpaired) electrons. The molecule has 0 spiro atoms. The highest BCUT2D eigenvalue weighted by Crippen LogP contribution is 2.37. The summed E-state index contributed by atoms with van der Waals surface area (Å²) in [7, 11) is 0. The Labute approximate surface area is 148 Å². The number of hydrogen-bond donors (Lipinski definition) is 2. The van der Waals surface area contributed by atoms with Crippen molar-refractivity contribution in [3.63, 3.8) is 0 Å². The van der Waals surface area contributed by atoms with Crippen molar-refractivity contribution in [3.05, 3.63) is 58.7 Å². The minimum atomic E-state index is -0.338. The Bertz CT molecular complexity index is 723. The fourth-order valence-corrected chi connectivity index (χ4v) is 3.37. The van der Waals surface area contributed by atoms with Crippen LogP contribution in [0.5, 0.6) is 11.5 Å². The van der Waals surface area contributed by atoms with Gasteiger partial charge in [-0.2, -0.15) is 0 Å². The van der Waals surface area contributed by atoms with E-state index in [2.05, 4.69) is 26.0 Å². The zero-order chi connectivity index (χ0) is 17.6. The Kier molecular flexibility index (Phi) is 3.97. The third kappa shape index (κ3) is 3.80. The molecule has 2 aliphatic rings. The standard InChI is InChI=1S/C21H24O4/c1-21(2,15-3-13(5-17(22)9-15)7-19-11-24-19)16-4-14(6-18(23)10-16)8-20-12-25-20/h3-6,9-10,19-20,22-23H,7-8,11-12H2,1-2H3. The summed E-state index contributed by atoms with van der Waals surface area (Å²) in [6.45, 7) is 5.83. The molecule has 2 atom stereocenters. The van der Waals surface area contributed by atoms with Gasteiger partial charge >= 0.3 is 0 Å². The van der Waals surface area contributed by atoms with Crippen LogP contribution < -0.4 is 0 Å². The summed E-state index contributed by atoms with van der Waals surface area (Å²) in [6.07, 6.45) is 2.20. The average molecular weight is 340 g/mol. The lowest BCUT2D eigenvalue weighted by Crippen LogP contribution is -2.19. The van der Waals surface area contributed by atoms with Crippen molar-refractivity contribution in [2.45, 2.75) is 44.3 Å². The van der Waals surface area contributed by atoms with Gasteiger partial charge in [0, 0.05) is 18.3 Å². The molecule has 2 heterocycles. The lowest BCUT2D eigenvalue weighted by molar-refractivity contribution is 0.407. The largest absolute Gasteiger partial charge is 0.508 e. The summed E-state index contributed by atoms with van der Waals surface area (Å²) in [5.41, 5.74) is 3.88. The number of benzene rings is 2. The Morgan fingerprint density at radius 1 is 0.800 bits per heavy atom. The smallest absolute Gasteiger partial charge is 0.116 e. The summed E-state index contributed by atoms with van der Waals surface area (Å²) in [5, 5.41) is 20.3. The minimum absolute atomic E-state index is 0.271. The van der Waals surface area contributed by atoms with Gasteiger partial charge in [0.2, 0.25) is 0 Å². The van der Waals surface area contributed by atoms with E-state index in [4.69, 9.17) is 9.47 Å². The Balaban J connectivity index is 1.68. The molecule has 132 valence electrons. The highest BCUT2D eigenvalue weighted by atomic mass is 16.6. The lowest BCUT2D eigenvalue weighted by Gasteiger charge is -2.27. The second kappa shape index (κ2) is 6.04. The van der Waals surface area contributed by atoms with E-state index in [0.717, 1.165) is 48.3 Å². The van der Waals surface area contributed by atoms with E-state index in [1.165, 1.54) is 0 Å².